The first-order valence-electron chi connectivity index (χ1n) is 9.33. The number of hydrogen-bond acceptors (Lipinski definition) is 5. The van der Waals surface area contributed by atoms with Gasteiger partial charge < -0.3 is 14.4 Å². The number of carbonyl (C=O) groups excluding carboxylic acids is 2. The number of nitrogens with zero attached hydrogens (tertiary/aromatic N) is 3. The third kappa shape index (κ3) is 3.53. The predicted octanol–water partition coefficient (Wildman–Crippen LogP) is 3.88. The van der Waals surface area contributed by atoms with E-state index >= 15 is 0 Å². The summed E-state index contributed by atoms with van der Waals surface area (Å²) in [6, 6.07) is 5.86. The molecule has 0 bridgehead atoms. The van der Waals surface area contributed by atoms with E-state index in [0.29, 0.717) is 25.2 Å². The van der Waals surface area contributed by atoms with Crippen LogP contribution in [0.1, 0.15) is 25.3 Å². The van der Waals surface area contributed by atoms with Crippen LogP contribution in [0.3, 0.4) is 0 Å². The highest BCUT2D eigenvalue weighted by Crippen LogP contribution is 2.50. The van der Waals surface area contributed by atoms with Gasteiger partial charge in [-0.3, -0.25) is 9.78 Å². The van der Waals surface area contributed by atoms with Crippen molar-refractivity contribution in [3.63, 3.8) is 0 Å². The molecule has 1 aliphatic heterocycles. The van der Waals surface area contributed by atoms with Crippen molar-refractivity contribution in [3.8, 4) is 11.5 Å². The van der Waals surface area contributed by atoms with Gasteiger partial charge in [0, 0.05) is 11.8 Å². The second-order valence-electron chi connectivity index (χ2n) is 7.00. The molecule has 2 heterocycles. The number of hydrogen-bond donors (Lipinski definition) is 0. The lowest BCUT2D eigenvalue weighted by atomic mass is 10.2. The number of aromatic nitrogens is 1. The van der Waals surface area contributed by atoms with Crippen LogP contribution in [0.5, 0.6) is 11.5 Å². The van der Waals surface area contributed by atoms with Crippen molar-refractivity contribution in [2.75, 3.05) is 11.5 Å². The lowest BCUT2D eigenvalue weighted by Gasteiger charge is -2.22. The van der Waals surface area contributed by atoms with Gasteiger partial charge >= 0.3 is 12.4 Å². The normalized spacial score (nSPS) is 17.6. The van der Waals surface area contributed by atoms with Crippen LogP contribution in [0, 0.1) is 0 Å². The Morgan fingerprint density at radius 1 is 1.13 bits per heavy atom. The fourth-order valence-electron chi connectivity index (χ4n) is 3.56. The summed E-state index contributed by atoms with van der Waals surface area (Å²) in [6.07, 6.45) is -0.635. The van der Waals surface area contributed by atoms with Gasteiger partial charge in [0.25, 0.3) is 5.91 Å². The van der Waals surface area contributed by atoms with Crippen molar-refractivity contribution in [2.45, 2.75) is 38.2 Å². The fraction of sp³-hybridized carbons (Fsp3) is 0.350. The molecule has 1 saturated carbocycles. The number of amides is 3. The summed E-state index contributed by atoms with van der Waals surface area (Å²) < 4.78 is 46.5. The summed E-state index contributed by atoms with van der Waals surface area (Å²) in [6.45, 7) is 2.42. The number of anilines is 1. The quantitative estimate of drug-likeness (QED) is 0.662. The standard InChI is InChI=1S/C20H18F3N3O4/c1-2-29-16-11-24-10-7-13(16)12-25-18(28)26(17(27)19(25)8-9-19)14-3-5-15(6-4-14)30-20(21,22)23/h3-7,10-11H,2,8-9,12H2,1H3. The van der Waals surface area contributed by atoms with Crippen LogP contribution in [-0.4, -0.2) is 40.3 Å². The number of pyridine rings is 1. The van der Waals surface area contributed by atoms with Crippen molar-refractivity contribution in [1.29, 1.82) is 0 Å². The number of alkyl halides is 3. The van der Waals surface area contributed by atoms with Crippen molar-refractivity contribution in [1.82, 2.24) is 9.88 Å². The topological polar surface area (TPSA) is 72.0 Å². The molecule has 2 fully saturated rings. The van der Waals surface area contributed by atoms with E-state index in [9.17, 15) is 22.8 Å². The van der Waals surface area contributed by atoms with Crippen molar-refractivity contribution in [3.05, 3.63) is 48.3 Å². The minimum Gasteiger partial charge on any atom is -0.492 e. The first-order chi connectivity index (χ1) is 14.2. The van der Waals surface area contributed by atoms with E-state index in [2.05, 4.69) is 9.72 Å². The molecule has 0 radical (unpaired) electrons. The molecule has 4 rings (SSSR count). The summed E-state index contributed by atoms with van der Waals surface area (Å²) in [5.41, 5.74) is -0.0200. The molecule has 0 atom stereocenters. The average Bonchev–Trinajstić information content (AvgIpc) is 3.46. The van der Waals surface area contributed by atoms with Gasteiger partial charge in [0.1, 0.15) is 17.0 Å². The predicted molar refractivity (Wildman–Crippen MR) is 98.9 cm³/mol. The minimum absolute atomic E-state index is 0.161. The van der Waals surface area contributed by atoms with Gasteiger partial charge in [0.05, 0.1) is 25.0 Å². The van der Waals surface area contributed by atoms with E-state index in [-0.39, 0.29) is 18.1 Å². The summed E-state index contributed by atoms with van der Waals surface area (Å²) in [5, 5.41) is 0. The highest BCUT2D eigenvalue weighted by atomic mass is 19.4. The molecule has 30 heavy (non-hydrogen) atoms. The van der Waals surface area contributed by atoms with Crippen LogP contribution < -0.4 is 14.4 Å². The van der Waals surface area contributed by atoms with E-state index < -0.39 is 23.7 Å². The van der Waals surface area contributed by atoms with Gasteiger partial charge in [-0.15, -0.1) is 13.2 Å². The molecular formula is C20H18F3N3O4. The third-order valence-corrected chi connectivity index (χ3v) is 5.09. The maximum Gasteiger partial charge on any atom is 0.573 e. The Balaban J connectivity index is 1.59. The molecule has 0 N–H and O–H groups in total. The molecule has 3 amide bonds. The fourth-order valence-corrected chi connectivity index (χ4v) is 3.56. The Morgan fingerprint density at radius 2 is 1.83 bits per heavy atom. The first kappa shape index (κ1) is 20.0. The molecule has 1 saturated heterocycles. The summed E-state index contributed by atoms with van der Waals surface area (Å²) in [4.78, 5) is 32.7. The van der Waals surface area contributed by atoms with Crippen LogP contribution >= 0.6 is 0 Å². The zero-order valence-electron chi connectivity index (χ0n) is 16.0. The molecular weight excluding hydrogens is 403 g/mol. The Morgan fingerprint density at radius 3 is 2.43 bits per heavy atom. The largest absolute Gasteiger partial charge is 0.573 e. The highest BCUT2D eigenvalue weighted by molar-refractivity contribution is 6.24. The Kier molecular flexibility index (Phi) is 4.79. The molecule has 2 aliphatic rings. The number of rotatable bonds is 6. The second-order valence-corrected chi connectivity index (χ2v) is 7.00. The van der Waals surface area contributed by atoms with Gasteiger partial charge in [-0.25, -0.2) is 9.69 Å². The molecule has 7 nitrogen and oxygen atoms in total. The van der Waals surface area contributed by atoms with Crippen LogP contribution in [-0.2, 0) is 11.3 Å². The smallest absolute Gasteiger partial charge is 0.492 e. The van der Waals surface area contributed by atoms with Gasteiger partial charge in [-0.2, -0.15) is 0 Å². The van der Waals surface area contributed by atoms with Crippen LogP contribution in [0.4, 0.5) is 23.7 Å². The van der Waals surface area contributed by atoms with Crippen LogP contribution in [0.2, 0.25) is 0 Å². The molecule has 1 spiro atoms. The third-order valence-electron chi connectivity index (χ3n) is 5.09. The van der Waals surface area contributed by atoms with Crippen molar-refractivity contribution in [2.24, 2.45) is 0 Å². The van der Waals surface area contributed by atoms with Gasteiger partial charge in [0.15, 0.2) is 0 Å². The van der Waals surface area contributed by atoms with Crippen molar-refractivity contribution >= 4 is 17.6 Å². The number of benzene rings is 1. The molecule has 10 heteroatoms. The van der Waals surface area contributed by atoms with Crippen molar-refractivity contribution < 1.29 is 32.2 Å². The number of urea groups is 1. The SMILES string of the molecule is CCOc1cnccc1CN1C(=O)N(c2ccc(OC(F)(F)F)cc2)C(=O)C12CC2. The van der Waals surface area contributed by atoms with E-state index in [1.54, 1.807) is 18.5 Å². The molecule has 1 aromatic carbocycles. The van der Waals surface area contributed by atoms with E-state index in [0.717, 1.165) is 22.6 Å². The average molecular weight is 421 g/mol. The lowest BCUT2D eigenvalue weighted by molar-refractivity contribution is -0.274. The molecule has 1 aromatic heterocycles. The molecule has 1 aliphatic carbocycles. The van der Waals surface area contributed by atoms with Crippen LogP contribution in [0.15, 0.2) is 42.7 Å². The number of imide groups is 1. The number of halogens is 3. The number of carbonyl (C=O) groups is 2. The van der Waals surface area contributed by atoms with Crippen LogP contribution in [0.25, 0.3) is 0 Å². The second kappa shape index (κ2) is 7.19. The van der Waals surface area contributed by atoms with E-state index in [1.165, 1.54) is 17.0 Å². The highest BCUT2D eigenvalue weighted by Gasteiger charge is 2.65. The van der Waals surface area contributed by atoms with Gasteiger partial charge in [0.2, 0.25) is 0 Å². The Labute approximate surface area is 170 Å². The summed E-state index contributed by atoms with van der Waals surface area (Å²) in [7, 11) is 0. The summed E-state index contributed by atoms with van der Waals surface area (Å²) in [5.74, 6) is -0.284. The summed E-state index contributed by atoms with van der Waals surface area (Å²) >= 11 is 0. The van der Waals surface area contributed by atoms with Gasteiger partial charge in [-0.1, -0.05) is 0 Å². The minimum atomic E-state index is -4.82. The molecule has 2 aromatic rings. The number of ether oxygens (including phenoxy) is 2. The first-order valence-corrected chi connectivity index (χ1v) is 9.33. The Bertz CT molecular complexity index is 974. The van der Waals surface area contributed by atoms with E-state index in [1.807, 2.05) is 6.92 Å². The maximum absolute atomic E-state index is 13.1. The Hall–Kier alpha value is -3.30. The zero-order valence-corrected chi connectivity index (χ0v) is 16.0. The van der Waals surface area contributed by atoms with Gasteiger partial charge in [-0.05, 0) is 50.1 Å². The zero-order chi connectivity index (χ0) is 21.5. The van der Waals surface area contributed by atoms with E-state index in [4.69, 9.17) is 4.74 Å². The molecule has 0 unspecified atom stereocenters. The lowest BCUT2D eigenvalue weighted by Crippen LogP contribution is -2.36. The monoisotopic (exact) mass is 421 g/mol. The maximum atomic E-state index is 13.1. The molecule has 158 valence electrons.